The molecule has 0 N–H and O–H groups in total. The molecule has 0 spiro atoms. The predicted octanol–water partition coefficient (Wildman–Crippen LogP) is 3.50. The summed E-state index contributed by atoms with van der Waals surface area (Å²) >= 11 is 6.09. The maximum Gasteiger partial charge on any atom is 0.197 e. The van der Waals surface area contributed by atoms with Crippen LogP contribution in [0.2, 0.25) is 0 Å². The van der Waals surface area contributed by atoms with E-state index in [2.05, 4.69) is 4.99 Å². The number of aliphatic imine (C=N–C) groups is 1. The van der Waals surface area contributed by atoms with Crippen LogP contribution in [0.3, 0.4) is 0 Å². The minimum atomic E-state index is -2.35. The summed E-state index contributed by atoms with van der Waals surface area (Å²) in [4.78, 5) is 5.25. The molecule has 2 unspecified atom stereocenters. The molecule has 0 aromatic heterocycles. The second-order valence-electron chi connectivity index (χ2n) is 4.51. The molecule has 94 valence electrons. The molecule has 0 radical (unpaired) electrons. The van der Waals surface area contributed by atoms with Gasteiger partial charge >= 0.3 is 0 Å². The molecule has 18 heavy (non-hydrogen) atoms. The van der Waals surface area contributed by atoms with Crippen molar-refractivity contribution in [3.8, 4) is 0 Å². The summed E-state index contributed by atoms with van der Waals surface area (Å²) in [5.41, 5.74) is 1.56. The van der Waals surface area contributed by atoms with Crippen LogP contribution in [-0.4, -0.2) is 23.7 Å². The first kappa shape index (κ1) is 8.70. The predicted molar refractivity (Wildman–Crippen MR) is 71.3 cm³/mol. The van der Waals surface area contributed by atoms with Crippen molar-refractivity contribution in [3.63, 3.8) is 0 Å². The fourth-order valence-electron chi connectivity index (χ4n) is 2.59. The summed E-state index contributed by atoms with van der Waals surface area (Å²) in [5.74, 6) is -0.395. The minimum Gasteiger partial charge on any atom is -0.343 e. The van der Waals surface area contributed by atoms with Crippen LogP contribution in [0.5, 0.6) is 0 Å². The van der Waals surface area contributed by atoms with E-state index in [9.17, 15) is 4.39 Å². The molecule has 1 heterocycles. The first-order valence-corrected chi connectivity index (χ1v) is 6.26. The van der Waals surface area contributed by atoms with Crippen molar-refractivity contribution in [2.75, 3.05) is 6.98 Å². The lowest BCUT2D eigenvalue weighted by Crippen LogP contribution is -2.30. The summed E-state index contributed by atoms with van der Waals surface area (Å²) in [5, 5.41) is 0. The quantitative estimate of drug-likeness (QED) is 0.562. The van der Waals surface area contributed by atoms with Gasteiger partial charge in [-0.1, -0.05) is 23.7 Å². The zero-order valence-corrected chi connectivity index (χ0v) is 10.4. The number of likely N-dealkylation sites (N-methyl/N-ethyl adjacent to an activating group) is 1. The highest BCUT2D eigenvalue weighted by Crippen LogP contribution is 2.42. The number of alkyl halides is 1. The molecule has 3 rings (SSSR count). The van der Waals surface area contributed by atoms with Crippen LogP contribution in [0, 0.1) is 5.82 Å². The molecule has 0 saturated carbocycles. The SMILES string of the molecule is [2H]C([2H])([2H])N1C2=C(C=NC1Cl)CCC2c1ccc(F)cc1. The molecule has 0 saturated heterocycles. The first-order valence-electron chi connectivity index (χ1n) is 7.33. The molecule has 1 aromatic carbocycles. The fourth-order valence-corrected chi connectivity index (χ4v) is 2.76. The van der Waals surface area contributed by atoms with E-state index < -0.39 is 12.6 Å². The molecule has 0 amide bonds. The second-order valence-corrected chi connectivity index (χ2v) is 4.90. The minimum absolute atomic E-state index is 0.0889. The molecule has 2 aliphatic rings. The van der Waals surface area contributed by atoms with Gasteiger partial charge in [0.1, 0.15) is 5.82 Å². The average Bonchev–Trinajstić information content (AvgIpc) is 2.81. The van der Waals surface area contributed by atoms with Gasteiger partial charge in [0.05, 0.1) is 0 Å². The summed E-state index contributed by atoms with van der Waals surface area (Å²) in [7, 11) is 0. The Morgan fingerprint density at radius 2 is 2.22 bits per heavy atom. The van der Waals surface area contributed by atoms with Crippen LogP contribution in [0.4, 0.5) is 4.39 Å². The number of hydrogen-bond donors (Lipinski definition) is 0. The van der Waals surface area contributed by atoms with Gasteiger partial charge in [0.2, 0.25) is 0 Å². The third kappa shape index (κ3) is 1.83. The Morgan fingerprint density at radius 1 is 1.44 bits per heavy atom. The van der Waals surface area contributed by atoms with Gasteiger partial charge in [0.25, 0.3) is 0 Å². The molecule has 1 aliphatic heterocycles. The van der Waals surface area contributed by atoms with Crippen molar-refractivity contribution in [2.24, 2.45) is 4.99 Å². The normalized spacial score (nSPS) is 29.9. The zero-order valence-electron chi connectivity index (χ0n) is 12.6. The van der Waals surface area contributed by atoms with Crippen molar-refractivity contribution < 1.29 is 8.50 Å². The molecule has 4 heteroatoms. The van der Waals surface area contributed by atoms with Gasteiger partial charge in [-0.2, -0.15) is 0 Å². The van der Waals surface area contributed by atoms with Gasteiger partial charge in [-0.05, 0) is 36.1 Å². The number of allylic oxidation sites excluding steroid dienone is 2. The lowest BCUT2D eigenvalue weighted by Gasteiger charge is -2.31. The van der Waals surface area contributed by atoms with E-state index in [0.717, 1.165) is 24.0 Å². The van der Waals surface area contributed by atoms with Gasteiger partial charge in [-0.25, -0.2) is 4.39 Å². The number of benzene rings is 1. The molecule has 0 fully saturated rings. The molecule has 1 aliphatic carbocycles. The van der Waals surface area contributed by atoms with Crippen LogP contribution in [0.25, 0.3) is 0 Å². The topological polar surface area (TPSA) is 15.6 Å². The summed E-state index contributed by atoms with van der Waals surface area (Å²) in [6.07, 6.45) is 3.19. The number of hydrogen-bond acceptors (Lipinski definition) is 2. The Morgan fingerprint density at radius 3 is 2.94 bits per heavy atom. The zero-order chi connectivity index (χ0) is 15.2. The van der Waals surface area contributed by atoms with Crippen molar-refractivity contribution in [3.05, 3.63) is 46.9 Å². The Kier molecular flexibility index (Phi) is 2.12. The highest BCUT2D eigenvalue weighted by atomic mass is 35.5. The van der Waals surface area contributed by atoms with Crippen LogP contribution in [-0.2, 0) is 0 Å². The smallest absolute Gasteiger partial charge is 0.197 e. The third-order valence-electron chi connectivity index (χ3n) is 3.46. The molecular weight excluding hydrogens is 251 g/mol. The average molecular weight is 268 g/mol. The van der Waals surface area contributed by atoms with E-state index in [1.165, 1.54) is 17.0 Å². The second kappa shape index (κ2) is 4.39. The van der Waals surface area contributed by atoms with Crippen LogP contribution in [0.1, 0.15) is 28.4 Å². The van der Waals surface area contributed by atoms with Crippen LogP contribution < -0.4 is 0 Å². The van der Waals surface area contributed by atoms with Gasteiger partial charge < -0.3 is 4.90 Å². The number of nitrogens with zero attached hydrogens (tertiary/aromatic N) is 2. The van der Waals surface area contributed by atoms with Crippen LogP contribution >= 0.6 is 11.6 Å². The molecular formula is C14H14ClFN2. The Hall–Kier alpha value is -1.35. The van der Waals surface area contributed by atoms with Crippen LogP contribution in [0.15, 0.2) is 40.5 Å². The van der Waals surface area contributed by atoms with E-state index in [4.69, 9.17) is 15.7 Å². The maximum atomic E-state index is 13.1. The monoisotopic (exact) mass is 267 g/mol. The van der Waals surface area contributed by atoms with Crippen molar-refractivity contribution >= 4 is 17.8 Å². The van der Waals surface area contributed by atoms with E-state index in [-0.39, 0.29) is 11.7 Å². The Labute approximate surface area is 115 Å². The van der Waals surface area contributed by atoms with Gasteiger partial charge in [0.15, 0.2) is 5.62 Å². The number of halogens is 2. The van der Waals surface area contributed by atoms with Crippen molar-refractivity contribution in [1.29, 1.82) is 0 Å². The first-order chi connectivity index (χ1) is 9.88. The van der Waals surface area contributed by atoms with Gasteiger partial charge in [-0.3, -0.25) is 4.99 Å². The summed E-state index contributed by atoms with van der Waals surface area (Å²) < 4.78 is 36.2. The molecule has 0 bridgehead atoms. The highest BCUT2D eigenvalue weighted by molar-refractivity contribution is 6.21. The summed E-state index contributed by atoms with van der Waals surface area (Å²) in [6, 6.07) is 6.18. The van der Waals surface area contributed by atoms with Crippen molar-refractivity contribution in [1.82, 2.24) is 4.90 Å². The van der Waals surface area contributed by atoms with E-state index in [1.54, 1.807) is 18.3 Å². The standard InChI is InChI=1S/C14H14ClFN2/c1-18-13-10(8-17-14(18)15)4-7-12(13)9-2-5-11(16)6-3-9/h2-3,5-6,8,12,14H,4,7H2,1H3/i1D3. The molecule has 2 atom stereocenters. The summed E-state index contributed by atoms with van der Waals surface area (Å²) in [6.45, 7) is -2.35. The highest BCUT2D eigenvalue weighted by Gasteiger charge is 2.33. The maximum absolute atomic E-state index is 13.1. The number of rotatable bonds is 1. The van der Waals surface area contributed by atoms with E-state index in [1.807, 2.05) is 0 Å². The molecule has 2 nitrogen and oxygen atoms in total. The van der Waals surface area contributed by atoms with Gasteiger partial charge in [0, 0.05) is 28.9 Å². The lowest BCUT2D eigenvalue weighted by molar-refractivity contribution is 0.366. The van der Waals surface area contributed by atoms with E-state index >= 15 is 0 Å². The van der Waals surface area contributed by atoms with E-state index in [0.29, 0.717) is 5.70 Å². The van der Waals surface area contributed by atoms with Gasteiger partial charge in [-0.15, -0.1) is 0 Å². The molecule has 1 aromatic rings. The Balaban J connectivity index is 2.03. The van der Waals surface area contributed by atoms with Crippen molar-refractivity contribution in [2.45, 2.75) is 24.4 Å². The largest absolute Gasteiger partial charge is 0.343 e. The Bertz CT molecular complexity index is 610. The lowest BCUT2D eigenvalue weighted by atomic mass is 9.95. The fraction of sp³-hybridized carbons (Fsp3) is 0.357. The third-order valence-corrected chi connectivity index (χ3v) is 3.77.